The summed E-state index contributed by atoms with van der Waals surface area (Å²) in [6.07, 6.45) is 5.84. The zero-order valence-corrected chi connectivity index (χ0v) is 10.1. The van der Waals surface area contributed by atoms with Crippen LogP contribution in [-0.2, 0) is 4.79 Å². The summed E-state index contributed by atoms with van der Waals surface area (Å²) in [7, 11) is 0. The lowest BCUT2D eigenvalue weighted by Crippen LogP contribution is -2.43. The molecule has 0 radical (unpaired) electrons. The molecule has 1 aliphatic rings. The van der Waals surface area contributed by atoms with Crippen LogP contribution in [0.5, 0.6) is 0 Å². The largest absolute Gasteiger partial charge is 0.342 e. The molecule has 0 aromatic rings. The van der Waals surface area contributed by atoms with Gasteiger partial charge in [0.1, 0.15) is 0 Å². The fourth-order valence-electron chi connectivity index (χ4n) is 2.06. The van der Waals surface area contributed by atoms with Crippen molar-refractivity contribution >= 4 is 5.91 Å². The quantitative estimate of drug-likeness (QED) is 0.753. The number of piperidine rings is 1. The van der Waals surface area contributed by atoms with Crippen molar-refractivity contribution < 1.29 is 4.79 Å². The van der Waals surface area contributed by atoms with Crippen molar-refractivity contribution in [2.75, 3.05) is 19.6 Å². The van der Waals surface area contributed by atoms with Crippen LogP contribution in [0.3, 0.4) is 0 Å². The molecule has 88 valence electrons. The van der Waals surface area contributed by atoms with Crippen LogP contribution in [0.2, 0.25) is 0 Å². The van der Waals surface area contributed by atoms with E-state index in [9.17, 15) is 4.79 Å². The zero-order chi connectivity index (χ0) is 11.1. The number of nitrogens with zero attached hydrogens (tertiary/aromatic N) is 1. The first-order valence-electron chi connectivity index (χ1n) is 6.29. The number of amides is 1. The van der Waals surface area contributed by atoms with Crippen molar-refractivity contribution in [2.24, 2.45) is 0 Å². The molecule has 1 heterocycles. The van der Waals surface area contributed by atoms with Gasteiger partial charge in [-0.05, 0) is 32.1 Å². The molecule has 1 saturated heterocycles. The Hall–Kier alpha value is -0.570. The lowest BCUT2D eigenvalue weighted by molar-refractivity contribution is -0.131. The van der Waals surface area contributed by atoms with Gasteiger partial charge in [-0.15, -0.1) is 0 Å². The van der Waals surface area contributed by atoms with E-state index < -0.39 is 0 Å². The van der Waals surface area contributed by atoms with Crippen molar-refractivity contribution in [3.05, 3.63) is 0 Å². The predicted octanol–water partition coefficient (Wildman–Crippen LogP) is 1.78. The maximum Gasteiger partial charge on any atom is 0.236 e. The molecule has 1 rings (SSSR count). The standard InChI is InChI=1S/C12H24N2O/c1-3-11(4-2)13-10-12(15)14-8-6-5-7-9-14/h11,13H,3-10H2,1-2H3. The summed E-state index contributed by atoms with van der Waals surface area (Å²) in [4.78, 5) is 13.8. The highest BCUT2D eigenvalue weighted by Crippen LogP contribution is 2.08. The van der Waals surface area contributed by atoms with Gasteiger partial charge in [0.2, 0.25) is 5.91 Å². The molecule has 1 aliphatic heterocycles. The topological polar surface area (TPSA) is 32.3 Å². The fourth-order valence-corrected chi connectivity index (χ4v) is 2.06. The lowest BCUT2D eigenvalue weighted by atomic mass is 10.1. The van der Waals surface area contributed by atoms with Crippen molar-refractivity contribution in [2.45, 2.75) is 52.0 Å². The van der Waals surface area contributed by atoms with Crippen LogP contribution >= 0.6 is 0 Å². The molecule has 3 nitrogen and oxygen atoms in total. The average Bonchev–Trinajstić information content (AvgIpc) is 2.31. The van der Waals surface area contributed by atoms with Gasteiger partial charge in [-0.25, -0.2) is 0 Å². The fraction of sp³-hybridized carbons (Fsp3) is 0.917. The van der Waals surface area contributed by atoms with Gasteiger partial charge in [-0.1, -0.05) is 13.8 Å². The third-order valence-corrected chi connectivity index (χ3v) is 3.24. The highest BCUT2D eigenvalue weighted by atomic mass is 16.2. The van der Waals surface area contributed by atoms with Crippen LogP contribution in [0.1, 0.15) is 46.0 Å². The minimum atomic E-state index is 0.279. The van der Waals surface area contributed by atoms with Crippen LogP contribution < -0.4 is 5.32 Å². The molecular weight excluding hydrogens is 188 g/mol. The lowest BCUT2D eigenvalue weighted by Gasteiger charge is -2.27. The highest BCUT2D eigenvalue weighted by molar-refractivity contribution is 5.78. The van der Waals surface area contributed by atoms with Gasteiger partial charge in [0.05, 0.1) is 6.54 Å². The molecule has 0 aromatic carbocycles. The first-order chi connectivity index (χ1) is 7.27. The van der Waals surface area contributed by atoms with Crippen molar-refractivity contribution in [3.8, 4) is 0 Å². The van der Waals surface area contributed by atoms with Gasteiger partial charge in [0.25, 0.3) is 0 Å². The molecule has 0 aliphatic carbocycles. The number of carbonyl (C=O) groups is 1. The molecule has 1 amide bonds. The maximum atomic E-state index is 11.8. The molecule has 0 spiro atoms. The summed E-state index contributed by atoms with van der Waals surface area (Å²) in [6.45, 7) is 6.76. The Morgan fingerprint density at radius 1 is 1.20 bits per heavy atom. The van der Waals surface area contributed by atoms with Gasteiger partial charge in [0.15, 0.2) is 0 Å². The Labute approximate surface area is 93.2 Å². The molecule has 15 heavy (non-hydrogen) atoms. The Kier molecular flexibility index (Phi) is 5.69. The number of hydrogen-bond donors (Lipinski definition) is 1. The second-order valence-corrected chi connectivity index (χ2v) is 4.34. The van der Waals surface area contributed by atoms with Crippen LogP contribution in [0.15, 0.2) is 0 Å². The minimum absolute atomic E-state index is 0.279. The predicted molar refractivity (Wildman–Crippen MR) is 62.8 cm³/mol. The van der Waals surface area contributed by atoms with Gasteiger partial charge in [0, 0.05) is 19.1 Å². The van der Waals surface area contributed by atoms with E-state index in [2.05, 4.69) is 19.2 Å². The zero-order valence-electron chi connectivity index (χ0n) is 10.1. The molecule has 0 saturated carbocycles. The maximum absolute atomic E-state index is 11.8. The van der Waals surface area contributed by atoms with E-state index in [4.69, 9.17) is 0 Å². The van der Waals surface area contributed by atoms with E-state index in [-0.39, 0.29) is 5.91 Å². The Morgan fingerprint density at radius 3 is 2.33 bits per heavy atom. The Balaban J connectivity index is 2.22. The summed E-state index contributed by atoms with van der Waals surface area (Å²) in [5, 5.41) is 3.32. The molecular formula is C12H24N2O. The van der Waals surface area contributed by atoms with Gasteiger partial charge < -0.3 is 10.2 Å². The molecule has 3 heteroatoms. The van der Waals surface area contributed by atoms with Gasteiger partial charge in [-0.3, -0.25) is 4.79 Å². The summed E-state index contributed by atoms with van der Waals surface area (Å²) in [5.41, 5.74) is 0. The first-order valence-corrected chi connectivity index (χ1v) is 6.29. The molecule has 0 atom stereocenters. The number of nitrogens with one attached hydrogen (secondary N) is 1. The second kappa shape index (κ2) is 6.83. The summed E-state index contributed by atoms with van der Waals surface area (Å²) in [5.74, 6) is 0.279. The molecule has 0 bridgehead atoms. The summed E-state index contributed by atoms with van der Waals surface area (Å²) < 4.78 is 0. The molecule has 0 aromatic heterocycles. The van der Waals surface area contributed by atoms with Crippen LogP contribution in [0.25, 0.3) is 0 Å². The van der Waals surface area contributed by atoms with E-state index in [0.717, 1.165) is 25.9 Å². The number of likely N-dealkylation sites (tertiary alicyclic amines) is 1. The third-order valence-electron chi connectivity index (χ3n) is 3.24. The first kappa shape index (κ1) is 12.5. The number of hydrogen-bond acceptors (Lipinski definition) is 2. The van der Waals surface area contributed by atoms with Crippen LogP contribution in [0.4, 0.5) is 0 Å². The smallest absolute Gasteiger partial charge is 0.236 e. The van der Waals surface area contributed by atoms with Crippen LogP contribution in [-0.4, -0.2) is 36.5 Å². The Morgan fingerprint density at radius 2 is 1.80 bits per heavy atom. The highest BCUT2D eigenvalue weighted by Gasteiger charge is 2.16. The Bertz CT molecular complexity index is 184. The van der Waals surface area contributed by atoms with Crippen molar-refractivity contribution in [1.82, 2.24) is 10.2 Å². The summed E-state index contributed by atoms with van der Waals surface area (Å²) in [6, 6.07) is 0.499. The van der Waals surface area contributed by atoms with Crippen molar-refractivity contribution in [3.63, 3.8) is 0 Å². The van der Waals surface area contributed by atoms with Gasteiger partial charge >= 0.3 is 0 Å². The number of rotatable bonds is 5. The molecule has 1 fully saturated rings. The SMILES string of the molecule is CCC(CC)NCC(=O)N1CCCCC1. The monoisotopic (exact) mass is 212 g/mol. The van der Waals surface area contributed by atoms with E-state index in [1.807, 2.05) is 4.90 Å². The molecule has 1 N–H and O–H groups in total. The second-order valence-electron chi connectivity index (χ2n) is 4.34. The van der Waals surface area contributed by atoms with E-state index >= 15 is 0 Å². The van der Waals surface area contributed by atoms with E-state index in [1.54, 1.807) is 0 Å². The number of carbonyl (C=O) groups excluding carboxylic acids is 1. The van der Waals surface area contributed by atoms with Gasteiger partial charge in [-0.2, -0.15) is 0 Å². The van der Waals surface area contributed by atoms with E-state index in [0.29, 0.717) is 12.6 Å². The van der Waals surface area contributed by atoms with Crippen LogP contribution in [0, 0.1) is 0 Å². The normalized spacial score (nSPS) is 17.1. The van der Waals surface area contributed by atoms with E-state index in [1.165, 1.54) is 19.3 Å². The average molecular weight is 212 g/mol. The third kappa shape index (κ3) is 4.20. The minimum Gasteiger partial charge on any atom is -0.342 e. The molecule has 0 unspecified atom stereocenters. The summed E-state index contributed by atoms with van der Waals surface area (Å²) >= 11 is 0. The van der Waals surface area contributed by atoms with Crippen molar-refractivity contribution in [1.29, 1.82) is 0 Å².